The smallest absolute Gasteiger partial charge is 0.330 e. The van der Waals surface area contributed by atoms with Crippen molar-refractivity contribution in [2.24, 2.45) is 5.73 Å². The van der Waals surface area contributed by atoms with Crippen molar-refractivity contribution in [2.45, 2.75) is 32.2 Å². The van der Waals surface area contributed by atoms with Crippen LogP contribution >= 0.6 is 0 Å². The lowest BCUT2D eigenvalue weighted by atomic mass is 10.2. The van der Waals surface area contributed by atoms with Crippen LogP contribution in [0.2, 0.25) is 0 Å². The van der Waals surface area contributed by atoms with E-state index in [0.717, 1.165) is 5.57 Å². The number of hydrogen-bond acceptors (Lipinski definition) is 2. The van der Waals surface area contributed by atoms with Gasteiger partial charge in [-0.05, 0) is 13.8 Å². The number of alkyl halides is 4. The minimum absolute atomic E-state index is 0.201. The van der Waals surface area contributed by atoms with Gasteiger partial charge in [0.15, 0.2) is 0 Å². The van der Waals surface area contributed by atoms with E-state index in [0.29, 0.717) is 0 Å². The van der Waals surface area contributed by atoms with E-state index in [1.165, 1.54) is 0 Å². The third-order valence-electron chi connectivity index (χ3n) is 1.47. The molecule has 0 fully saturated rings. The van der Waals surface area contributed by atoms with Crippen molar-refractivity contribution in [3.8, 4) is 0 Å². The Labute approximate surface area is 86.1 Å². The van der Waals surface area contributed by atoms with Crippen molar-refractivity contribution in [3.05, 3.63) is 11.6 Å². The van der Waals surface area contributed by atoms with Crippen LogP contribution in [0.25, 0.3) is 0 Å². The number of rotatable bonds is 6. The molecule has 0 aliphatic heterocycles. The number of hydrogen-bond donors (Lipinski definition) is 1. The van der Waals surface area contributed by atoms with Gasteiger partial charge in [-0.1, -0.05) is 11.6 Å². The highest BCUT2D eigenvalue weighted by molar-refractivity contribution is 4.99. The standard InChI is InChI=1S/C9H15F4NO/c1-6(2)3-7(14)4-15-5-9(12,13)8(10)11/h3,7-8H,4-5,14H2,1-2H3. The summed E-state index contributed by atoms with van der Waals surface area (Å²) in [4.78, 5) is 0. The summed E-state index contributed by atoms with van der Waals surface area (Å²) in [6, 6.07) is -0.552. The van der Waals surface area contributed by atoms with Gasteiger partial charge in [-0.3, -0.25) is 0 Å². The molecule has 0 rings (SSSR count). The van der Waals surface area contributed by atoms with E-state index in [4.69, 9.17) is 5.73 Å². The van der Waals surface area contributed by atoms with Crippen LogP contribution in [0.3, 0.4) is 0 Å². The van der Waals surface area contributed by atoms with Crippen molar-refractivity contribution in [1.29, 1.82) is 0 Å². The first-order chi connectivity index (χ1) is 6.75. The third kappa shape index (κ3) is 6.46. The van der Waals surface area contributed by atoms with Gasteiger partial charge >= 0.3 is 12.3 Å². The molecular weight excluding hydrogens is 214 g/mol. The molecule has 1 atom stereocenters. The maximum Gasteiger partial charge on any atom is 0.330 e. The molecule has 2 nitrogen and oxygen atoms in total. The van der Waals surface area contributed by atoms with Crippen molar-refractivity contribution >= 4 is 0 Å². The fourth-order valence-electron chi connectivity index (χ4n) is 0.870. The molecule has 1 unspecified atom stereocenters. The van der Waals surface area contributed by atoms with Gasteiger partial charge < -0.3 is 10.5 Å². The predicted octanol–water partition coefficient (Wildman–Crippen LogP) is 2.20. The van der Waals surface area contributed by atoms with E-state index in [1.807, 2.05) is 0 Å². The Balaban J connectivity index is 3.85. The molecule has 0 saturated carbocycles. The van der Waals surface area contributed by atoms with Gasteiger partial charge in [-0.15, -0.1) is 0 Å². The van der Waals surface area contributed by atoms with E-state index < -0.39 is 25.0 Å². The van der Waals surface area contributed by atoms with Gasteiger partial charge in [-0.25, -0.2) is 8.78 Å². The lowest BCUT2D eigenvalue weighted by molar-refractivity contribution is -0.166. The number of allylic oxidation sites excluding steroid dienone is 1. The Morgan fingerprint density at radius 1 is 1.40 bits per heavy atom. The average Bonchev–Trinajstić information content (AvgIpc) is 2.01. The van der Waals surface area contributed by atoms with Gasteiger partial charge in [-0.2, -0.15) is 8.78 Å². The van der Waals surface area contributed by atoms with Crippen LogP contribution in [0, 0.1) is 0 Å². The Bertz CT molecular complexity index is 214. The van der Waals surface area contributed by atoms with Crippen molar-refractivity contribution in [1.82, 2.24) is 0 Å². The van der Waals surface area contributed by atoms with Crippen LogP contribution in [0.5, 0.6) is 0 Å². The molecule has 2 N–H and O–H groups in total. The van der Waals surface area contributed by atoms with Gasteiger partial charge in [0, 0.05) is 6.04 Å². The normalized spacial score (nSPS) is 14.1. The summed E-state index contributed by atoms with van der Waals surface area (Å²) in [6.07, 6.45) is -2.10. The van der Waals surface area contributed by atoms with Crippen LogP contribution in [-0.4, -0.2) is 31.6 Å². The lowest BCUT2D eigenvalue weighted by Crippen LogP contribution is -2.35. The number of halogens is 4. The zero-order valence-corrected chi connectivity index (χ0v) is 8.64. The molecule has 0 amide bonds. The summed E-state index contributed by atoms with van der Waals surface area (Å²) in [5.41, 5.74) is 6.36. The van der Waals surface area contributed by atoms with E-state index in [9.17, 15) is 17.6 Å². The first-order valence-corrected chi connectivity index (χ1v) is 4.40. The van der Waals surface area contributed by atoms with Crippen molar-refractivity contribution < 1.29 is 22.3 Å². The second-order valence-corrected chi connectivity index (χ2v) is 3.48. The maximum atomic E-state index is 12.3. The fourth-order valence-corrected chi connectivity index (χ4v) is 0.870. The SMILES string of the molecule is CC(C)=CC(N)COCC(F)(F)C(F)F. The van der Waals surface area contributed by atoms with Crippen molar-refractivity contribution in [2.75, 3.05) is 13.2 Å². The molecule has 0 aliphatic carbocycles. The van der Waals surface area contributed by atoms with Gasteiger partial charge in [0.1, 0.15) is 6.61 Å². The largest absolute Gasteiger partial charge is 0.373 e. The zero-order chi connectivity index (χ0) is 12.1. The van der Waals surface area contributed by atoms with Crippen LogP contribution in [0.4, 0.5) is 17.6 Å². The second-order valence-electron chi connectivity index (χ2n) is 3.48. The van der Waals surface area contributed by atoms with E-state index >= 15 is 0 Å². The molecule has 0 bridgehead atoms. The fraction of sp³-hybridized carbons (Fsp3) is 0.778. The summed E-state index contributed by atoms with van der Waals surface area (Å²) < 4.78 is 52.4. The molecule has 0 radical (unpaired) electrons. The molecule has 0 aromatic rings. The van der Waals surface area contributed by atoms with Crippen LogP contribution in [0.15, 0.2) is 11.6 Å². The van der Waals surface area contributed by atoms with Crippen molar-refractivity contribution in [3.63, 3.8) is 0 Å². The van der Waals surface area contributed by atoms with E-state index in [-0.39, 0.29) is 6.61 Å². The molecule has 0 heterocycles. The Hall–Kier alpha value is -0.620. The van der Waals surface area contributed by atoms with Crippen LogP contribution in [0.1, 0.15) is 13.8 Å². The Kier molecular flexibility index (Phi) is 5.82. The van der Waals surface area contributed by atoms with Gasteiger partial charge in [0.05, 0.1) is 6.61 Å². The average molecular weight is 229 g/mol. The Morgan fingerprint density at radius 2 is 1.93 bits per heavy atom. The minimum Gasteiger partial charge on any atom is -0.373 e. The molecule has 0 aliphatic rings. The molecule has 0 aromatic heterocycles. The highest BCUT2D eigenvalue weighted by Gasteiger charge is 2.40. The first kappa shape index (κ1) is 14.4. The summed E-state index contributed by atoms with van der Waals surface area (Å²) in [7, 11) is 0. The first-order valence-electron chi connectivity index (χ1n) is 4.40. The van der Waals surface area contributed by atoms with Gasteiger partial charge in [0.2, 0.25) is 0 Å². The number of nitrogens with two attached hydrogens (primary N) is 1. The summed E-state index contributed by atoms with van der Waals surface area (Å²) in [5.74, 6) is -4.11. The summed E-state index contributed by atoms with van der Waals surface area (Å²) >= 11 is 0. The topological polar surface area (TPSA) is 35.2 Å². The van der Waals surface area contributed by atoms with E-state index in [2.05, 4.69) is 4.74 Å². The second kappa shape index (κ2) is 6.07. The zero-order valence-electron chi connectivity index (χ0n) is 8.64. The molecule has 6 heteroatoms. The highest BCUT2D eigenvalue weighted by atomic mass is 19.3. The third-order valence-corrected chi connectivity index (χ3v) is 1.47. The highest BCUT2D eigenvalue weighted by Crippen LogP contribution is 2.22. The predicted molar refractivity (Wildman–Crippen MR) is 49.2 cm³/mol. The molecule has 0 spiro atoms. The van der Waals surface area contributed by atoms with E-state index in [1.54, 1.807) is 19.9 Å². The van der Waals surface area contributed by atoms with Crippen LogP contribution in [-0.2, 0) is 4.74 Å². The van der Waals surface area contributed by atoms with Gasteiger partial charge in [0.25, 0.3) is 0 Å². The molecule has 0 saturated heterocycles. The molecule has 0 aromatic carbocycles. The Morgan fingerprint density at radius 3 is 2.33 bits per heavy atom. The molecule has 90 valence electrons. The minimum atomic E-state index is -4.11. The van der Waals surface area contributed by atoms with Crippen LogP contribution < -0.4 is 5.73 Å². The molecule has 15 heavy (non-hydrogen) atoms. The lowest BCUT2D eigenvalue weighted by Gasteiger charge is -2.16. The number of ether oxygens (including phenoxy) is 1. The quantitative estimate of drug-likeness (QED) is 0.559. The monoisotopic (exact) mass is 229 g/mol. The summed E-state index contributed by atoms with van der Waals surface area (Å²) in [6.45, 7) is 2.06. The molecular formula is C9H15F4NO. The summed E-state index contributed by atoms with van der Waals surface area (Å²) in [5, 5.41) is 0. The maximum absolute atomic E-state index is 12.3.